The highest BCUT2D eigenvalue weighted by molar-refractivity contribution is 5.67. The second kappa shape index (κ2) is 6.40. The number of nitrogens with two attached hydrogens (primary N) is 1. The van der Waals surface area contributed by atoms with Gasteiger partial charge >= 0.3 is 6.09 Å². The van der Waals surface area contributed by atoms with E-state index in [0.29, 0.717) is 32.5 Å². The molecule has 1 aliphatic heterocycles. The first-order valence-corrected chi connectivity index (χ1v) is 6.76. The largest absolute Gasteiger partial charge is 0.445 e. The van der Waals surface area contributed by atoms with Crippen LogP contribution in [0.1, 0.15) is 18.4 Å². The smallest absolute Gasteiger partial charge is 0.410 e. The Hall–Kier alpha value is -2.06. The fourth-order valence-corrected chi connectivity index (χ4v) is 2.29. The number of amides is 1. The van der Waals surface area contributed by atoms with Gasteiger partial charge < -0.3 is 15.4 Å². The van der Waals surface area contributed by atoms with Gasteiger partial charge in [0.05, 0.1) is 11.5 Å². The molecule has 1 aliphatic rings. The molecule has 0 aliphatic carbocycles. The quantitative estimate of drug-likeness (QED) is 0.912. The van der Waals surface area contributed by atoms with Crippen LogP contribution < -0.4 is 5.73 Å². The molecule has 0 aromatic heterocycles. The summed E-state index contributed by atoms with van der Waals surface area (Å²) < 4.78 is 5.28. The first-order valence-electron chi connectivity index (χ1n) is 6.76. The molecule has 0 atom stereocenters. The van der Waals surface area contributed by atoms with Crippen LogP contribution in [0.4, 0.5) is 4.79 Å². The Labute approximate surface area is 118 Å². The van der Waals surface area contributed by atoms with Gasteiger partial charge in [0, 0.05) is 19.6 Å². The van der Waals surface area contributed by atoms with E-state index >= 15 is 0 Å². The predicted octanol–water partition coefficient (Wildman–Crippen LogP) is 1.89. The lowest BCUT2D eigenvalue weighted by Crippen LogP contribution is -2.45. The summed E-state index contributed by atoms with van der Waals surface area (Å²) >= 11 is 0. The van der Waals surface area contributed by atoms with Gasteiger partial charge in [-0.05, 0) is 18.4 Å². The normalized spacial score (nSPS) is 17.3. The van der Waals surface area contributed by atoms with Gasteiger partial charge in [-0.1, -0.05) is 30.3 Å². The van der Waals surface area contributed by atoms with Crippen molar-refractivity contribution in [3.05, 3.63) is 35.9 Å². The van der Waals surface area contributed by atoms with Crippen LogP contribution in [0.2, 0.25) is 0 Å². The summed E-state index contributed by atoms with van der Waals surface area (Å²) in [5.74, 6) is 0. The molecule has 5 heteroatoms. The number of hydrogen-bond donors (Lipinski definition) is 1. The van der Waals surface area contributed by atoms with Gasteiger partial charge in [-0.25, -0.2) is 4.79 Å². The van der Waals surface area contributed by atoms with Gasteiger partial charge in [-0.3, -0.25) is 0 Å². The molecule has 0 unspecified atom stereocenters. The van der Waals surface area contributed by atoms with Crippen molar-refractivity contribution in [3.63, 3.8) is 0 Å². The molecule has 1 saturated heterocycles. The van der Waals surface area contributed by atoms with E-state index in [-0.39, 0.29) is 12.7 Å². The molecule has 2 rings (SSSR count). The van der Waals surface area contributed by atoms with Crippen LogP contribution in [-0.2, 0) is 11.3 Å². The minimum absolute atomic E-state index is 0.274. The third-order valence-electron chi connectivity index (χ3n) is 3.81. The van der Waals surface area contributed by atoms with Crippen molar-refractivity contribution in [2.24, 2.45) is 11.1 Å². The molecule has 1 heterocycles. The minimum Gasteiger partial charge on any atom is -0.445 e. The number of ether oxygens (including phenoxy) is 1. The standard InChI is InChI=1S/C15H19N3O2/c16-11-15(12-17)6-8-18(9-7-15)14(19)20-10-13-4-2-1-3-5-13/h1-5H,6-11,16H2. The highest BCUT2D eigenvalue weighted by atomic mass is 16.6. The second-order valence-electron chi connectivity index (χ2n) is 5.12. The van der Waals surface area contributed by atoms with E-state index in [2.05, 4.69) is 6.07 Å². The molecule has 0 saturated carbocycles. The van der Waals surface area contributed by atoms with Gasteiger partial charge in [-0.2, -0.15) is 5.26 Å². The summed E-state index contributed by atoms with van der Waals surface area (Å²) in [5.41, 5.74) is 6.14. The van der Waals surface area contributed by atoms with E-state index < -0.39 is 5.41 Å². The molecule has 1 amide bonds. The number of rotatable bonds is 3. The molecule has 1 aromatic rings. The van der Waals surface area contributed by atoms with Crippen molar-refractivity contribution in [2.45, 2.75) is 19.4 Å². The van der Waals surface area contributed by atoms with Gasteiger partial charge in [0.1, 0.15) is 6.61 Å². The third kappa shape index (κ3) is 3.28. The number of likely N-dealkylation sites (tertiary alicyclic amines) is 1. The summed E-state index contributed by atoms with van der Waals surface area (Å²) in [7, 11) is 0. The number of benzene rings is 1. The molecule has 20 heavy (non-hydrogen) atoms. The molecule has 106 valence electrons. The van der Waals surface area contributed by atoms with E-state index in [1.807, 2.05) is 30.3 Å². The van der Waals surface area contributed by atoms with E-state index in [1.165, 1.54) is 0 Å². The van der Waals surface area contributed by atoms with Gasteiger partial charge in [0.15, 0.2) is 0 Å². The Balaban J connectivity index is 1.82. The Bertz CT molecular complexity index is 488. The summed E-state index contributed by atoms with van der Waals surface area (Å²) in [5, 5.41) is 9.15. The highest BCUT2D eigenvalue weighted by Crippen LogP contribution is 2.29. The van der Waals surface area contributed by atoms with Crippen molar-refractivity contribution in [1.82, 2.24) is 4.90 Å². The maximum Gasteiger partial charge on any atom is 0.410 e. The summed E-state index contributed by atoms with van der Waals surface area (Å²) in [4.78, 5) is 13.6. The van der Waals surface area contributed by atoms with Crippen LogP contribution >= 0.6 is 0 Å². The first-order chi connectivity index (χ1) is 9.69. The Morgan fingerprint density at radius 2 is 2.00 bits per heavy atom. The average Bonchev–Trinajstić information content (AvgIpc) is 2.53. The van der Waals surface area contributed by atoms with Gasteiger partial charge in [0.2, 0.25) is 0 Å². The van der Waals surface area contributed by atoms with E-state index in [9.17, 15) is 4.79 Å². The van der Waals surface area contributed by atoms with Crippen LogP contribution in [0.15, 0.2) is 30.3 Å². The summed E-state index contributed by atoms with van der Waals surface area (Å²) in [6.45, 7) is 1.67. The van der Waals surface area contributed by atoms with E-state index in [0.717, 1.165) is 5.56 Å². The Morgan fingerprint density at radius 3 is 2.55 bits per heavy atom. The zero-order valence-corrected chi connectivity index (χ0v) is 11.4. The molecule has 1 fully saturated rings. The van der Waals surface area contributed by atoms with Crippen molar-refractivity contribution in [1.29, 1.82) is 5.26 Å². The lowest BCUT2D eigenvalue weighted by atomic mass is 9.80. The highest BCUT2D eigenvalue weighted by Gasteiger charge is 2.35. The van der Waals surface area contributed by atoms with Gasteiger partial charge in [0.25, 0.3) is 0 Å². The molecule has 2 N–H and O–H groups in total. The number of carbonyl (C=O) groups excluding carboxylic acids is 1. The summed E-state index contributed by atoms with van der Waals surface area (Å²) in [6, 6.07) is 11.9. The first kappa shape index (κ1) is 14.4. The molecule has 0 spiro atoms. The number of nitriles is 1. The molecule has 0 radical (unpaired) electrons. The summed E-state index contributed by atoms with van der Waals surface area (Å²) in [6.07, 6.45) is 0.901. The van der Waals surface area contributed by atoms with E-state index in [1.54, 1.807) is 4.90 Å². The molecular weight excluding hydrogens is 254 g/mol. The van der Waals surface area contributed by atoms with Crippen LogP contribution in [0.3, 0.4) is 0 Å². The molecule has 5 nitrogen and oxygen atoms in total. The lowest BCUT2D eigenvalue weighted by Gasteiger charge is -2.35. The monoisotopic (exact) mass is 273 g/mol. The van der Waals surface area contributed by atoms with Crippen molar-refractivity contribution in [2.75, 3.05) is 19.6 Å². The predicted molar refractivity (Wildman–Crippen MR) is 74.5 cm³/mol. The SMILES string of the molecule is N#CC1(CN)CCN(C(=O)OCc2ccccc2)CC1. The number of nitrogens with zero attached hydrogens (tertiary/aromatic N) is 2. The van der Waals surface area contributed by atoms with E-state index in [4.69, 9.17) is 15.7 Å². The molecule has 1 aromatic carbocycles. The fraction of sp³-hybridized carbons (Fsp3) is 0.467. The molecular formula is C15H19N3O2. The zero-order valence-electron chi connectivity index (χ0n) is 11.4. The Kier molecular flexibility index (Phi) is 4.59. The van der Waals surface area contributed by atoms with Crippen LogP contribution in [-0.4, -0.2) is 30.6 Å². The van der Waals surface area contributed by atoms with Crippen molar-refractivity contribution in [3.8, 4) is 6.07 Å². The lowest BCUT2D eigenvalue weighted by molar-refractivity contribution is 0.0749. The maximum absolute atomic E-state index is 11.9. The van der Waals surface area contributed by atoms with Crippen LogP contribution in [0.5, 0.6) is 0 Å². The van der Waals surface area contributed by atoms with Gasteiger partial charge in [-0.15, -0.1) is 0 Å². The molecule has 0 bridgehead atoms. The van der Waals surface area contributed by atoms with Crippen LogP contribution in [0, 0.1) is 16.7 Å². The number of carbonyl (C=O) groups is 1. The maximum atomic E-state index is 11.9. The number of piperidine rings is 1. The topological polar surface area (TPSA) is 79.4 Å². The van der Waals surface area contributed by atoms with Crippen molar-refractivity contribution < 1.29 is 9.53 Å². The van der Waals surface area contributed by atoms with Crippen LogP contribution in [0.25, 0.3) is 0 Å². The fourth-order valence-electron chi connectivity index (χ4n) is 2.29. The second-order valence-corrected chi connectivity index (χ2v) is 5.12. The van der Waals surface area contributed by atoms with Crippen molar-refractivity contribution >= 4 is 6.09 Å². The average molecular weight is 273 g/mol. The zero-order chi connectivity index (χ0) is 14.4. The Morgan fingerprint density at radius 1 is 1.35 bits per heavy atom. The third-order valence-corrected chi connectivity index (χ3v) is 3.81. The minimum atomic E-state index is -0.476. The number of hydrogen-bond acceptors (Lipinski definition) is 4.